The highest BCUT2D eigenvalue weighted by molar-refractivity contribution is 5.72. The van der Waals surface area contributed by atoms with E-state index >= 15 is 0 Å². The van der Waals surface area contributed by atoms with Gasteiger partial charge >= 0.3 is 0 Å². The fraction of sp³-hybridized carbons (Fsp3) is 0.238. The average Bonchev–Trinajstić information content (AvgIpc) is 2.53. The smallest absolute Gasteiger partial charge is 0.116 e. The van der Waals surface area contributed by atoms with Gasteiger partial charge in [0.2, 0.25) is 0 Å². The van der Waals surface area contributed by atoms with Gasteiger partial charge in [0.15, 0.2) is 0 Å². The van der Waals surface area contributed by atoms with Gasteiger partial charge in [-0.1, -0.05) is 24.3 Å². The molecule has 0 fully saturated rings. The van der Waals surface area contributed by atoms with E-state index in [0.717, 1.165) is 40.9 Å². The topological polar surface area (TPSA) is 29.5 Å². The molecule has 2 nitrogen and oxygen atoms in total. The van der Waals surface area contributed by atoms with Crippen molar-refractivity contribution in [1.29, 1.82) is 0 Å². The van der Waals surface area contributed by atoms with Crippen molar-refractivity contribution in [2.45, 2.75) is 33.3 Å². The maximum atomic E-state index is 9.72. The fourth-order valence-electron chi connectivity index (χ4n) is 3.08. The van der Waals surface area contributed by atoms with Gasteiger partial charge in [-0.05, 0) is 84.9 Å². The summed E-state index contributed by atoms with van der Waals surface area (Å²) in [5.41, 5.74) is 5.65. The predicted molar refractivity (Wildman–Crippen MR) is 94.3 cm³/mol. The zero-order chi connectivity index (χ0) is 16.2. The molecule has 2 heteroatoms. The van der Waals surface area contributed by atoms with E-state index in [4.69, 9.17) is 4.74 Å². The van der Waals surface area contributed by atoms with Crippen LogP contribution in [-0.4, -0.2) is 5.11 Å². The van der Waals surface area contributed by atoms with Gasteiger partial charge in [0.05, 0.1) is 0 Å². The molecule has 2 aromatic carbocycles. The largest absolute Gasteiger partial charge is 0.508 e. The Morgan fingerprint density at radius 2 is 1.83 bits per heavy atom. The first-order chi connectivity index (χ1) is 11.1. The molecule has 0 spiro atoms. The SMILES string of the molecule is Cc1cc(O)cc(C)c1-c1cccc(COC2=CCCC=C2)c1. The number of ether oxygens (including phenoxy) is 1. The van der Waals surface area contributed by atoms with Crippen molar-refractivity contribution >= 4 is 0 Å². The minimum atomic E-state index is 0.319. The third kappa shape index (κ3) is 3.65. The van der Waals surface area contributed by atoms with Gasteiger partial charge in [0.1, 0.15) is 18.1 Å². The summed E-state index contributed by atoms with van der Waals surface area (Å²) in [6.45, 7) is 4.63. The Labute approximate surface area is 137 Å². The van der Waals surface area contributed by atoms with Crippen molar-refractivity contribution in [3.05, 3.63) is 77.1 Å². The Kier molecular flexibility index (Phi) is 4.52. The minimum Gasteiger partial charge on any atom is -0.508 e. The van der Waals surface area contributed by atoms with Crippen molar-refractivity contribution < 1.29 is 9.84 Å². The molecule has 0 unspecified atom stereocenters. The second kappa shape index (κ2) is 6.74. The van der Waals surface area contributed by atoms with Crippen molar-refractivity contribution in [3.63, 3.8) is 0 Å². The summed E-state index contributed by atoms with van der Waals surface area (Å²) in [6.07, 6.45) is 8.48. The van der Waals surface area contributed by atoms with Gasteiger partial charge in [-0.25, -0.2) is 0 Å². The molecule has 0 bridgehead atoms. The molecule has 0 saturated heterocycles. The normalized spacial score (nSPS) is 13.7. The summed E-state index contributed by atoms with van der Waals surface area (Å²) < 4.78 is 5.87. The standard InChI is InChI=1S/C21H22O2/c1-15-11-19(22)12-16(2)21(15)18-8-6-7-17(13-18)14-23-20-9-4-3-5-10-20/h4,6-13,22H,3,5,14H2,1-2H3. The first kappa shape index (κ1) is 15.4. The number of aromatic hydroxyl groups is 1. The monoisotopic (exact) mass is 306 g/mol. The highest BCUT2D eigenvalue weighted by atomic mass is 16.5. The maximum absolute atomic E-state index is 9.72. The van der Waals surface area contributed by atoms with Gasteiger partial charge in [0, 0.05) is 0 Å². The van der Waals surface area contributed by atoms with E-state index < -0.39 is 0 Å². The molecule has 0 aliphatic heterocycles. The molecule has 0 amide bonds. The van der Waals surface area contributed by atoms with E-state index in [1.807, 2.05) is 32.1 Å². The Morgan fingerprint density at radius 3 is 2.52 bits per heavy atom. The molecule has 2 aromatic rings. The van der Waals surface area contributed by atoms with Crippen LogP contribution in [0.2, 0.25) is 0 Å². The number of rotatable bonds is 4. The lowest BCUT2D eigenvalue weighted by Crippen LogP contribution is -1.95. The quantitative estimate of drug-likeness (QED) is 0.816. The molecule has 1 N–H and O–H groups in total. The Hall–Kier alpha value is -2.48. The van der Waals surface area contributed by atoms with Crippen LogP contribution in [0, 0.1) is 13.8 Å². The number of phenolic OH excluding ortho intramolecular Hbond substituents is 1. The number of allylic oxidation sites excluding steroid dienone is 3. The van der Waals surface area contributed by atoms with Crippen LogP contribution in [0.1, 0.15) is 29.5 Å². The molecular formula is C21H22O2. The van der Waals surface area contributed by atoms with E-state index in [0.29, 0.717) is 12.4 Å². The second-order valence-electron chi connectivity index (χ2n) is 6.03. The van der Waals surface area contributed by atoms with Crippen LogP contribution < -0.4 is 0 Å². The van der Waals surface area contributed by atoms with Crippen LogP contribution in [0.3, 0.4) is 0 Å². The minimum absolute atomic E-state index is 0.319. The van der Waals surface area contributed by atoms with E-state index in [1.165, 1.54) is 5.56 Å². The Bertz CT molecular complexity index is 746. The van der Waals surface area contributed by atoms with Gasteiger partial charge in [-0.3, -0.25) is 0 Å². The van der Waals surface area contributed by atoms with Crippen LogP contribution in [-0.2, 0) is 11.3 Å². The number of aryl methyl sites for hydroxylation is 2. The summed E-state index contributed by atoms with van der Waals surface area (Å²) in [6, 6.07) is 12.0. The van der Waals surface area contributed by atoms with Crippen molar-refractivity contribution in [2.75, 3.05) is 0 Å². The van der Waals surface area contributed by atoms with Crippen molar-refractivity contribution in [2.24, 2.45) is 0 Å². The Balaban J connectivity index is 1.83. The molecule has 0 aromatic heterocycles. The lowest BCUT2D eigenvalue weighted by Gasteiger charge is -2.13. The van der Waals surface area contributed by atoms with Crippen molar-refractivity contribution in [1.82, 2.24) is 0 Å². The molecule has 118 valence electrons. The highest BCUT2D eigenvalue weighted by Gasteiger charge is 2.08. The summed E-state index contributed by atoms with van der Waals surface area (Å²) in [5, 5.41) is 9.72. The van der Waals surface area contributed by atoms with Gasteiger partial charge in [-0.2, -0.15) is 0 Å². The zero-order valence-corrected chi connectivity index (χ0v) is 13.7. The second-order valence-corrected chi connectivity index (χ2v) is 6.03. The van der Waals surface area contributed by atoms with E-state index in [-0.39, 0.29) is 0 Å². The first-order valence-corrected chi connectivity index (χ1v) is 8.02. The molecular weight excluding hydrogens is 284 g/mol. The van der Waals surface area contributed by atoms with Crippen LogP contribution in [0.4, 0.5) is 0 Å². The molecule has 0 saturated carbocycles. The molecule has 1 aliphatic rings. The summed E-state index contributed by atoms with van der Waals surface area (Å²) in [5.74, 6) is 1.28. The molecule has 0 radical (unpaired) electrons. The number of benzene rings is 2. The van der Waals surface area contributed by atoms with Crippen LogP contribution >= 0.6 is 0 Å². The van der Waals surface area contributed by atoms with Crippen LogP contribution in [0.25, 0.3) is 11.1 Å². The molecule has 23 heavy (non-hydrogen) atoms. The lowest BCUT2D eigenvalue weighted by atomic mass is 9.94. The van der Waals surface area contributed by atoms with Gasteiger partial charge < -0.3 is 9.84 Å². The third-order valence-electron chi connectivity index (χ3n) is 4.10. The predicted octanol–water partition coefficient (Wildman–Crippen LogP) is 5.43. The lowest BCUT2D eigenvalue weighted by molar-refractivity contribution is 0.209. The van der Waals surface area contributed by atoms with E-state index in [1.54, 1.807) is 0 Å². The van der Waals surface area contributed by atoms with Crippen LogP contribution in [0.5, 0.6) is 5.75 Å². The summed E-state index contributed by atoms with van der Waals surface area (Å²) >= 11 is 0. The molecule has 3 rings (SSSR count). The molecule has 0 heterocycles. The third-order valence-corrected chi connectivity index (χ3v) is 4.10. The zero-order valence-electron chi connectivity index (χ0n) is 13.7. The Morgan fingerprint density at radius 1 is 1.04 bits per heavy atom. The summed E-state index contributed by atoms with van der Waals surface area (Å²) in [4.78, 5) is 0. The van der Waals surface area contributed by atoms with E-state index in [9.17, 15) is 5.11 Å². The van der Waals surface area contributed by atoms with Gasteiger partial charge in [-0.15, -0.1) is 0 Å². The first-order valence-electron chi connectivity index (χ1n) is 8.02. The fourth-order valence-corrected chi connectivity index (χ4v) is 3.08. The number of hydrogen-bond donors (Lipinski definition) is 1. The maximum Gasteiger partial charge on any atom is 0.116 e. The highest BCUT2D eigenvalue weighted by Crippen LogP contribution is 2.31. The molecule has 0 atom stereocenters. The number of phenols is 1. The van der Waals surface area contributed by atoms with Crippen molar-refractivity contribution in [3.8, 4) is 16.9 Å². The van der Waals surface area contributed by atoms with Gasteiger partial charge in [0.25, 0.3) is 0 Å². The number of hydrogen-bond acceptors (Lipinski definition) is 2. The van der Waals surface area contributed by atoms with Crippen LogP contribution in [0.15, 0.2) is 60.4 Å². The van der Waals surface area contributed by atoms with E-state index in [2.05, 4.69) is 36.4 Å². The molecule has 1 aliphatic carbocycles. The summed E-state index contributed by atoms with van der Waals surface area (Å²) in [7, 11) is 0. The average molecular weight is 306 g/mol.